The first kappa shape index (κ1) is 13.9. The topological polar surface area (TPSA) is 32.3 Å². The lowest BCUT2D eigenvalue weighted by atomic mass is 10.1. The maximum absolute atomic E-state index is 9.64. The van der Waals surface area contributed by atoms with Crippen molar-refractivity contribution < 1.29 is 5.11 Å². The summed E-state index contributed by atoms with van der Waals surface area (Å²) in [6, 6.07) is 15.6. The zero-order valence-corrected chi connectivity index (χ0v) is 12.6. The van der Waals surface area contributed by atoms with E-state index in [4.69, 9.17) is 0 Å². The minimum absolute atomic E-state index is 0.183. The van der Waals surface area contributed by atoms with Gasteiger partial charge >= 0.3 is 0 Å². The molecule has 2 N–H and O–H groups in total. The molecule has 1 aliphatic rings. The Kier molecular flexibility index (Phi) is 4.01. The van der Waals surface area contributed by atoms with Crippen LogP contribution in [-0.2, 0) is 0 Å². The lowest BCUT2D eigenvalue weighted by Crippen LogP contribution is -2.49. The fourth-order valence-electron chi connectivity index (χ4n) is 2.35. The first-order valence-corrected chi connectivity index (χ1v) is 8.17. The Labute approximate surface area is 124 Å². The van der Waals surface area contributed by atoms with Gasteiger partial charge in [-0.15, -0.1) is 11.8 Å². The fourth-order valence-corrected chi connectivity index (χ4v) is 3.39. The Balaban J connectivity index is 1.68. The van der Waals surface area contributed by atoms with Gasteiger partial charge in [-0.25, -0.2) is 0 Å². The van der Waals surface area contributed by atoms with Crippen molar-refractivity contribution in [2.75, 3.05) is 12.4 Å². The predicted octanol–water partition coefficient (Wildman–Crippen LogP) is 3.43. The maximum atomic E-state index is 9.64. The first-order valence-electron chi connectivity index (χ1n) is 7.19. The highest BCUT2D eigenvalue weighted by Gasteiger charge is 2.31. The molecule has 2 nitrogen and oxygen atoms in total. The number of nitrogens with one attached hydrogen (secondary N) is 1. The molecule has 3 rings (SSSR count). The minimum atomic E-state index is -0.183. The molecule has 0 aliphatic heterocycles. The molecule has 106 valence electrons. The van der Waals surface area contributed by atoms with Gasteiger partial charge in [0.2, 0.25) is 0 Å². The van der Waals surface area contributed by atoms with Gasteiger partial charge in [-0.2, -0.15) is 0 Å². The van der Waals surface area contributed by atoms with Crippen LogP contribution >= 0.6 is 11.8 Å². The van der Waals surface area contributed by atoms with Crippen molar-refractivity contribution in [2.24, 2.45) is 0 Å². The van der Waals surface area contributed by atoms with Crippen LogP contribution < -0.4 is 5.32 Å². The summed E-state index contributed by atoms with van der Waals surface area (Å²) in [7, 11) is 0. The van der Waals surface area contributed by atoms with E-state index in [0.29, 0.717) is 6.04 Å². The lowest BCUT2D eigenvalue weighted by molar-refractivity contribution is 0.190. The first-order chi connectivity index (χ1) is 9.68. The van der Waals surface area contributed by atoms with E-state index in [1.54, 1.807) is 0 Å². The molecule has 0 amide bonds. The standard InChI is InChI=1S/C17H21NOS/c1-17(11-19,18-15-7-8-15)12-20-16-9-6-13-4-2-3-5-14(13)10-16/h2-6,9-10,15,18-19H,7-8,11-12H2,1H3. The van der Waals surface area contributed by atoms with Gasteiger partial charge in [0, 0.05) is 22.2 Å². The average Bonchev–Trinajstić information content (AvgIpc) is 3.29. The molecule has 20 heavy (non-hydrogen) atoms. The summed E-state index contributed by atoms with van der Waals surface area (Å²) in [5, 5.41) is 15.7. The molecule has 0 saturated heterocycles. The Morgan fingerprint density at radius 2 is 1.95 bits per heavy atom. The molecule has 0 bridgehead atoms. The van der Waals surface area contributed by atoms with Crippen LogP contribution in [0.1, 0.15) is 19.8 Å². The zero-order chi connectivity index (χ0) is 14.0. The van der Waals surface area contributed by atoms with Crippen molar-refractivity contribution in [3.05, 3.63) is 42.5 Å². The van der Waals surface area contributed by atoms with Crippen LogP contribution in [-0.4, -0.2) is 29.0 Å². The van der Waals surface area contributed by atoms with E-state index in [9.17, 15) is 5.11 Å². The molecule has 0 radical (unpaired) electrons. The molecule has 1 saturated carbocycles. The van der Waals surface area contributed by atoms with Crippen molar-refractivity contribution in [2.45, 2.75) is 36.2 Å². The third-order valence-corrected chi connectivity index (χ3v) is 5.13. The quantitative estimate of drug-likeness (QED) is 0.798. The highest BCUT2D eigenvalue weighted by atomic mass is 32.2. The van der Waals surface area contributed by atoms with E-state index in [0.717, 1.165) is 5.75 Å². The highest BCUT2D eigenvalue weighted by molar-refractivity contribution is 7.99. The van der Waals surface area contributed by atoms with Crippen molar-refractivity contribution in [3.8, 4) is 0 Å². The molecule has 0 aromatic heterocycles. The van der Waals surface area contributed by atoms with Crippen LogP contribution in [0.5, 0.6) is 0 Å². The van der Waals surface area contributed by atoms with Gasteiger partial charge in [0.15, 0.2) is 0 Å². The summed E-state index contributed by atoms with van der Waals surface area (Å²) in [6.45, 7) is 2.30. The van der Waals surface area contributed by atoms with Crippen LogP contribution in [0.3, 0.4) is 0 Å². The van der Waals surface area contributed by atoms with E-state index in [1.807, 2.05) is 11.8 Å². The molecule has 3 heteroatoms. The normalized spacial score (nSPS) is 18.1. The number of thioether (sulfide) groups is 1. The van der Waals surface area contributed by atoms with Gasteiger partial charge in [0.1, 0.15) is 0 Å². The van der Waals surface area contributed by atoms with Gasteiger partial charge in [-0.1, -0.05) is 30.3 Å². The summed E-state index contributed by atoms with van der Waals surface area (Å²) in [4.78, 5) is 1.26. The number of hydrogen-bond acceptors (Lipinski definition) is 3. The Morgan fingerprint density at radius 3 is 2.65 bits per heavy atom. The summed E-state index contributed by atoms with van der Waals surface area (Å²) in [5.74, 6) is 0.887. The third-order valence-electron chi connectivity index (χ3n) is 3.76. The van der Waals surface area contributed by atoms with Crippen LogP contribution in [0.4, 0.5) is 0 Å². The average molecular weight is 287 g/mol. The number of aliphatic hydroxyl groups excluding tert-OH is 1. The van der Waals surface area contributed by atoms with Gasteiger partial charge in [-0.05, 0) is 42.7 Å². The summed E-state index contributed by atoms with van der Waals surface area (Å²) in [5.41, 5.74) is -0.183. The predicted molar refractivity (Wildman–Crippen MR) is 86.3 cm³/mol. The number of aliphatic hydroxyl groups is 1. The molecule has 1 fully saturated rings. The summed E-state index contributed by atoms with van der Waals surface area (Å²) < 4.78 is 0. The van der Waals surface area contributed by atoms with Crippen LogP contribution in [0, 0.1) is 0 Å². The molecule has 0 spiro atoms. The van der Waals surface area contributed by atoms with Crippen molar-refractivity contribution >= 4 is 22.5 Å². The fraction of sp³-hybridized carbons (Fsp3) is 0.412. The monoisotopic (exact) mass is 287 g/mol. The van der Waals surface area contributed by atoms with Crippen LogP contribution in [0.2, 0.25) is 0 Å². The van der Waals surface area contributed by atoms with E-state index in [2.05, 4.69) is 54.7 Å². The maximum Gasteiger partial charge on any atom is 0.0618 e. The molecule has 0 heterocycles. The number of fused-ring (bicyclic) bond motifs is 1. The SMILES string of the molecule is CC(CO)(CSc1ccc2ccccc2c1)NC1CC1. The van der Waals surface area contributed by atoms with Crippen molar-refractivity contribution in [1.29, 1.82) is 0 Å². The smallest absolute Gasteiger partial charge is 0.0618 e. The molecular formula is C17H21NOS. The zero-order valence-electron chi connectivity index (χ0n) is 11.8. The van der Waals surface area contributed by atoms with E-state index in [-0.39, 0.29) is 12.1 Å². The van der Waals surface area contributed by atoms with Gasteiger partial charge < -0.3 is 10.4 Å². The number of benzene rings is 2. The Bertz CT molecular complexity index is 596. The Hall–Kier alpha value is -1.03. The van der Waals surface area contributed by atoms with E-state index >= 15 is 0 Å². The largest absolute Gasteiger partial charge is 0.394 e. The molecular weight excluding hydrogens is 266 g/mol. The van der Waals surface area contributed by atoms with Gasteiger partial charge in [-0.3, -0.25) is 0 Å². The van der Waals surface area contributed by atoms with Crippen molar-refractivity contribution in [1.82, 2.24) is 5.32 Å². The molecule has 1 unspecified atom stereocenters. The second-order valence-corrected chi connectivity index (χ2v) is 6.98. The summed E-state index contributed by atoms with van der Waals surface area (Å²) in [6.07, 6.45) is 2.49. The molecule has 1 atom stereocenters. The van der Waals surface area contributed by atoms with E-state index < -0.39 is 0 Å². The van der Waals surface area contributed by atoms with Gasteiger partial charge in [0.05, 0.1) is 6.61 Å². The molecule has 2 aromatic carbocycles. The van der Waals surface area contributed by atoms with E-state index in [1.165, 1.54) is 28.5 Å². The van der Waals surface area contributed by atoms with Crippen molar-refractivity contribution in [3.63, 3.8) is 0 Å². The number of rotatable bonds is 6. The van der Waals surface area contributed by atoms with Crippen LogP contribution in [0.25, 0.3) is 10.8 Å². The molecule has 1 aliphatic carbocycles. The van der Waals surface area contributed by atoms with Gasteiger partial charge in [0.25, 0.3) is 0 Å². The van der Waals surface area contributed by atoms with Crippen LogP contribution in [0.15, 0.2) is 47.4 Å². The lowest BCUT2D eigenvalue weighted by Gasteiger charge is -2.28. The number of hydrogen-bond donors (Lipinski definition) is 2. The minimum Gasteiger partial charge on any atom is -0.394 e. The second kappa shape index (κ2) is 5.76. The second-order valence-electron chi connectivity index (χ2n) is 5.94. The Morgan fingerprint density at radius 1 is 1.20 bits per heavy atom. The summed E-state index contributed by atoms with van der Waals surface area (Å²) >= 11 is 1.81. The third kappa shape index (κ3) is 3.35. The highest BCUT2D eigenvalue weighted by Crippen LogP contribution is 2.29. The molecule has 2 aromatic rings.